The predicted molar refractivity (Wildman–Crippen MR) is 75.8 cm³/mol. The van der Waals surface area contributed by atoms with Crippen LogP contribution >= 0.6 is 0 Å². The molecule has 0 bridgehead atoms. The number of hydrogen-bond donors (Lipinski definition) is 2. The Morgan fingerprint density at radius 2 is 1.72 bits per heavy atom. The van der Waals surface area contributed by atoms with Crippen LogP contribution in [-0.4, -0.2) is 36.0 Å². The van der Waals surface area contributed by atoms with E-state index in [1.165, 1.54) is 0 Å². The SMILES string of the molecule is CCC(CC)(CO)CNC1CC(OC(C)(C)C)C1. The zero-order chi connectivity index (χ0) is 13.8. The zero-order valence-electron chi connectivity index (χ0n) is 12.8. The molecule has 0 aromatic heterocycles. The van der Waals surface area contributed by atoms with E-state index < -0.39 is 0 Å². The molecule has 1 rings (SSSR count). The quantitative estimate of drug-likeness (QED) is 0.737. The molecule has 1 aliphatic carbocycles. The first-order valence-corrected chi connectivity index (χ1v) is 7.36. The Bertz CT molecular complexity index is 229. The van der Waals surface area contributed by atoms with Gasteiger partial charge in [0, 0.05) is 24.6 Å². The largest absolute Gasteiger partial charge is 0.396 e. The fourth-order valence-corrected chi connectivity index (χ4v) is 2.47. The van der Waals surface area contributed by atoms with Crippen LogP contribution in [0, 0.1) is 5.41 Å². The molecule has 1 aliphatic rings. The Balaban J connectivity index is 2.24. The topological polar surface area (TPSA) is 41.5 Å². The molecule has 2 N–H and O–H groups in total. The van der Waals surface area contributed by atoms with Crippen molar-refractivity contribution in [2.24, 2.45) is 5.41 Å². The van der Waals surface area contributed by atoms with Crippen LogP contribution in [0.15, 0.2) is 0 Å². The minimum absolute atomic E-state index is 0.0304. The maximum Gasteiger partial charge on any atom is 0.0612 e. The molecule has 1 fully saturated rings. The van der Waals surface area contributed by atoms with Crippen molar-refractivity contribution in [3.8, 4) is 0 Å². The van der Waals surface area contributed by atoms with Crippen LogP contribution in [0.5, 0.6) is 0 Å². The van der Waals surface area contributed by atoms with Crippen molar-refractivity contribution in [3.05, 3.63) is 0 Å². The first-order chi connectivity index (χ1) is 8.34. The van der Waals surface area contributed by atoms with Crippen molar-refractivity contribution in [3.63, 3.8) is 0 Å². The molecule has 1 saturated carbocycles. The number of ether oxygens (including phenoxy) is 1. The summed E-state index contributed by atoms with van der Waals surface area (Å²) < 4.78 is 5.93. The highest BCUT2D eigenvalue weighted by molar-refractivity contribution is 4.90. The van der Waals surface area contributed by atoms with Gasteiger partial charge in [0.1, 0.15) is 0 Å². The monoisotopic (exact) mass is 257 g/mol. The lowest BCUT2D eigenvalue weighted by molar-refractivity contribution is -0.103. The highest BCUT2D eigenvalue weighted by Crippen LogP contribution is 2.30. The van der Waals surface area contributed by atoms with Gasteiger partial charge in [0.15, 0.2) is 0 Å². The molecule has 0 unspecified atom stereocenters. The molecule has 0 heterocycles. The summed E-state index contributed by atoms with van der Waals surface area (Å²) in [4.78, 5) is 0. The van der Waals surface area contributed by atoms with E-state index in [2.05, 4.69) is 39.9 Å². The van der Waals surface area contributed by atoms with Gasteiger partial charge in [-0.1, -0.05) is 13.8 Å². The van der Waals surface area contributed by atoms with Crippen molar-refractivity contribution in [1.82, 2.24) is 5.32 Å². The molecular weight excluding hydrogens is 226 g/mol. The summed E-state index contributed by atoms with van der Waals surface area (Å²) >= 11 is 0. The summed E-state index contributed by atoms with van der Waals surface area (Å²) in [6.45, 7) is 11.8. The Morgan fingerprint density at radius 3 is 2.11 bits per heavy atom. The van der Waals surface area contributed by atoms with Gasteiger partial charge in [-0.2, -0.15) is 0 Å². The summed E-state index contributed by atoms with van der Waals surface area (Å²) in [6.07, 6.45) is 4.68. The number of rotatable bonds is 7. The minimum atomic E-state index is -0.0304. The van der Waals surface area contributed by atoms with E-state index in [9.17, 15) is 5.11 Å². The number of nitrogens with one attached hydrogen (secondary N) is 1. The van der Waals surface area contributed by atoms with Crippen LogP contribution in [-0.2, 0) is 4.74 Å². The molecule has 0 spiro atoms. The van der Waals surface area contributed by atoms with Crippen LogP contribution < -0.4 is 5.32 Å². The maximum absolute atomic E-state index is 9.52. The molecule has 0 aromatic carbocycles. The van der Waals surface area contributed by atoms with Crippen molar-refractivity contribution in [1.29, 1.82) is 0 Å². The lowest BCUT2D eigenvalue weighted by Gasteiger charge is -2.41. The van der Waals surface area contributed by atoms with Crippen molar-refractivity contribution < 1.29 is 9.84 Å². The third-order valence-corrected chi connectivity index (χ3v) is 4.22. The van der Waals surface area contributed by atoms with Gasteiger partial charge >= 0.3 is 0 Å². The van der Waals surface area contributed by atoms with Crippen LogP contribution in [0.2, 0.25) is 0 Å². The fourth-order valence-electron chi connectivity index (χ4n) is 2.47. The van der Waals surface area contributed by atoms with Gasteiger partial charge in [-0.15, -0.1) is 0 Å². The summed E-state index contributed by atoms with van der Waals surface area (Å²) in [5.41, 5.74) is 0.0350. The zero-order valence-corrected chi connectivity index (χ0v) is 12.8. The molecular formula is C15H31NO2. The standard InChI is InChI=1S/C15H31NO2/c1-6-15(7-2,11-17)10-16-12-8-13(9-12)18-14(3,4)5/h12-13,16-17H,6-11H2,1-5H3. The lowest BCUT2D eigenvalue weighted by Crippen LogP contribution is -2.51. The van der Waals surface area contributed by atoms with Gasteiger partial charge in [-0.05, 0) is 46.5 Å². The lowest BCUT2D eigenvalue weighted by atomic mass is 9.81. The minimum Gasteiger partial charge on any atom is -0.396 e. The third kappa shape index (κ3) is 4.52. The number of aliphatic hydroxyl groups is 1. The van der Waals surface area contributed by atoms with Crippen molar-refractivity contribution in [2.75, 3.05) is 13.2 Å². The highest BCUT2D eigenvalue weighted by atomic mass is 16.5. The fraction of sp³-hybridized carbons (Fsp3) is 1.00. The molecule has 0 saturated heterocycles. The molecule has 0 aromatic rings. The van der Waals surface area contributed by atoms with Gasteiger partial charge in [0.05, 0.1) is 11.7 Å². The Labute approximate surface area is 112 Å². The second-order valence-electron chi connectivity index (χ2n) is 6.77. The first kappa shape index (κ1) is 15.9. The van der Waals surface area contributed by atoms with Crippen molar-refractivity contribution >= 4 is 0 Å². The van der Waals surface area contributed by atoms with E-state index in [0.717, 1.165) is 32.2 Å². The molecule has 0 atom stereocenters. The van der Waals surface area contributed by atoms with E-state index in [4.69, 9.17) is 4.74 Å². The summed E-state index contributed by atoms with van der Waals surface area (Å²) in [6, 6.07) is 0.571. The number of hydrogen-bond acceptors (Lipinski definition) is 3. The second-order valence-corrected chi connectivity index (χ2v) is 6.77. The van der Waals surface area contributed by atoms with Crippen molar-refractivity contribution in [2.45, 2.75) is 78.0 Å². The van der Waals surface area contributed by atoms with Crippen LogP contribution in [0.1, 0.15) is 60.3 Å². The van der Waals surface area contributed by atoms with Gasteiger partial charge in [-0.3, -0.25) is 0 Å². The van der Waals surface area contributed by atoms with E-state index in [-0.39, 0.29) is 17.6 Å². The van der Waals surface area contributed by atoms with Gasteiger partial charge in [0.2, 0.25) is 0 Å². The highest BCUT2D eigenvalue weighted by Gasteiger charge is 2.34. The van der Waals surface area contributed by atoms with Gasteiger partial charge < -0.3 is 15.2 Å². The smallest absolute Gasteiger partial charge is 0.0612 e. The Hall–Kier alpha value is -0.120. The molecule has 3 heteroatoms. The molecule has 0 radical (unpaired) electrons. The average Bonchev–Trinajstić information content (AvgIpc) is 2.26. The molecule has 0 amide bonds. The Morgan fingerprint density at radius 1 is 1.17 bits per heavy atom. The predicted octanol–water partition coefficient (Wildman–Crippen LogP) is 2.72. The normalized spacial score (nSPS) is 25.0. The first-order valence-electron chi connectivity index (χ1n) is 7.36. The summed E-state index contributed by atoms with van der Waals surface area (Å²) in [7, 11) is 0. The molecule has 18 heavy (non-hydrogen) atoms. The van der Waals surface area contributed by atoms with E-state index in [1.54, 1.807) is 0 Å². The Kier molecular flexibility index (Phi) is 5.63. The average molecular weight is 257 g/mol. The molecule has 108 valence electrons. The van der Waals surface area contributed by atoms with E-state index in [0.29, 0.717) is 12.1 Å². The van der Waals surface area contributed by atoms with E-state index in [1.807, 2.05) is 0 Å². The van der Waals surface area contributed by atoms with Gasteiger partial charge in [0.25, 0.3) is 0 Å². The summed E-state index contributed by atoms with van der Waals surface area (Å²) in [5.74, 6) is 0. The third-order valence-electron chi connectivity index (χ3n) is 4.22. The van der Waals surface area contributed by atoms with E-state index >= 15 is 0 Å². The van der Waals surface area contributed by atoms with Crippen LogP contribution in [0.3, 0.4) is 0 Å². The molecule has 0 aliphatic heterocycles. The summed E-state index contributed by atoms with van der Waals surface area (Å²) in [5, 5.41) is 13.1. The molecule has 3 nitrogen and oxygen atoms in total. The van der Waals surface area contributed by atoms with Gasteiger partial charge in [-0.25, -0.2) is 0 Å². The second kappa shape index (κ2) is 6.36. The van der Waals surface area contributed by atoms with Crippen LogP contribution in [0.25, 0.3) is 0 Å². The van der Waals surface area contributed by atoms with Crippen LogP contribution in [0.4, 0.5) is 0 Å². The number of aliphatic hydroxyl groups excluding tert-OH is 1. The maximum atomic E-state index is 9.52.